The van der Waals surface area contributed by atoms with Crippen LogP contribution in [0.3, 0.4) is 0 Å². The van der Waals surface area contributed by atoms with Gasteiger partial charge in [0.25, 0.3) is 5.56 Å². The number of carbonyl (C=O) groups is 3. The minimum atomic E-state index is -1.31. The first-order chi connectivity index (χ1) is 19.8. The van der Waals surface area contributed by atoms with Gasteiger partial charge in [-0.05, 0) is 56.7 Å². The maximum atomic E-state index is 13.6. The largest absolute Gasteiger partial charge is 0.511 e. The van der Waals surface area contributed by atoms with Crippen LogP contribution < -0.4 is 15.6 Å². The highest BCUT2D eigenvalue weighted by Crippen LogP contribution is 2.29. The van der Waals surface area contributed by atoms with Crippen LogP contribution in [0.1, 0.15) is 78.5 Å². The quantitative estimate of drug-likeness (QED) is 0.188. The Balaban J connectivity index is 1.62. The van der Waals surface area contributed by atoms with Crippen LogP contribution >= 0.6 is 0 Å². The molecule has 1 amide bonds. The number of amides is 1. The van der Waals surface area contributed by atoms with Crippen LogP contribution in [0, 0.1) is 18.7 Å². The Morgan fingerprint density at radius 1 is 1.19 bits per heavy atom. The van der Waals surface area contributed by atoms with E-state index in [0.29, 0.717) is 11.5 Å². The summed E-state index contributed by atoms with van der Waals surface area (Å²) in [6.45, 7) is 6.27. The molecule has 0 radical (unpaired) electrons. The van der Waals surface area contributed by atoms with Gasteiger partial charge in [0.2, 0.25) is 17.9 Å². The number of nitrogens with zero attached hydrogens (tertiary/aromatic N) is 4. The van der Waals surface area contributed by atoms with Crippen molar-refractivity contribution in [2.75, 3.05) is 6.61 Å². The van der Waals surface area contributed by atoms with Crippen LogP contribution in [0.2, 0.25) is 0 Å². The second-order valence-electron chi connectivity index (χ2n) is 10.5. The molecular weight excluding hydrogens is 553 g/mol. The monoisotopic (exact) mass is 585 g/mol. The summed E-state index contributed by atoms with van der Waals surface area (Å²) in [5, 5.41) is 10.0. The number of hydrogen-bond acceptors (Lipinski definition) is 11. The Labute approximate surface area is 240 Å². The molecule has 0 bridgehead atoms. The lowest BCUT2D eigenvalue weighted by atomic mass is 10.0. The van der Waals surface area contributed by atoms with E-state index >= 15 is 0 Å². The normalized spacial score (nSPS) is 13.8. The van der Waals surface area contributed by atoms with Gasteiger partial charge in [-0.3, -0.25) is 19.0 Å². The van der Waals surface area contributed by atoms with Gasteiger partial charge in [-0.15, -0.1) is 10.2 Å². The third kappa shape index (κ3) is 7.56. The van der Waals surface area contributed by atoms with Gasteiger partial charge >= 0.3 is 18.0 Å². The Bertz CT molecular complexity index is 1530. The van der Waals surface area contributed by atoms with Gasteiger partial charge in [-0.1, -0.05) is 12.1 Å². The average Bonchev–Trinajstić information content (AvgIpc) is 3.66. The number of rotatable bonds is 12. The van der Waals surface area contributed by atoms with Crippen LogP contribution in [0.5, 0.6) is 5.75 Å². The molecule has 4 rings (SSSR count). The second kappa shape index (κ2) is 12.5. The predicted molar refractivity (Wildman–Crippen MR) is 143 cm³/mol. The summed E-state index contributed by atoms with van der Waals surface area (Å²) in [6.07, 6.45) is -0.200. The SMILES string of the molecule is Cc1nnc(C(=O)NC(C)(C)c2nc(C(=O)CCc3ccc(F)cc3)c(OC(C)OC(=O)OCC3CC3)c(=O)n2C)o1. The molecule has 0 saturated heterocycles. The highest BCUT2D eigenvalue weighted by atomic mass is 19.1. The van der Waals surface area contributed by atoms with E-state index in [1.54, 1.807) is 26.0 Å². The molecule has 2 aromatic heterocycles. The number of benzene rings is 1. The van der Waals surface area contributed by atoms with Gasteiger partial charge in [0.15, 0.2) is 11.5 Å². The maximum absolute atomic E-state index is 13.6. The summed E-state index contributed by atoms with van der Waals surface area (Å²) < 4.78 is 35.4. The minimum absolute atomic E-state index is 0.0204. The highest BCUT2D eigenvalue weighted by molar-refractivity contribution is 5.97. The first-order valence-corrected chi connectivity index (χ1v) is 13.4. The van der Waals surface area contributed by atoms with E-state index in [0.717, 1.165) is 17.4 Å². The zero-order valence-electron chi connectivity index (χ0n) is 23.9. The van der Waals surface area contributed by atoms with E-state index in [-0.39, 0.29) is 42.7 Å². The predicted octanol–water partition coefficient (Wildman–Crippen LogP) is 3.38. The third-order valence-corrected chi connectivity index (χ3v) is 6.45. The van der Waals surface area contributed by atoms with Crippen LogP contribution in [0.25, 0.3) is 0 Å². The number of nitrogens with one attached hydrogen (secondary N) is 1. The molecule has 14 heteroatoms. The van der Waals surface area contributed by atoms with Gasteiger partial charge in [0, 0.05) is 27.3 Å². The summed E-state index contributed by atoms with van der Waals surface area (Å²) in [5.74, 6) is -1.90. The summed E-state index contributed by atoms with van der Waals surface area (Å²) in [4.78, 5) is 56.3. The minimum Gasteiger partial charge on any atom is -0.447 e. The molecule has 1 saturated carbocycles. The first kappa shape index (κ1) is 30.3. The Hall–Kier alpha value is -4.62. The van der Waals surface area contributed by atoms with E-state index in [2.05, 4.69) is 20.5 Å². The summed E-state index contributed by atoms with van der Waals surface area (Å²) >= 11 is 0. The molecule has 3 aromatic rings. The molecule has 2 heterocycles. The molecule has 1 aromatic carbocycles. The molecule has 1 aliphatic carbocycles. The fourth-order valence-corrected chi connectivity index (χ4v) is 4.07. The van der Waals surface area contributed by atoms with Crippen molar-refractivity contribution in [3.63, 3.8) is 0 Å². The smallest absolute Gasteiger partial charge is 0.447 e. The van der Waals surface area contributed by atoms with Crippen LogP contribution in [0.15, 0.2) is 33.5 Å². The summed E-state index contributed by atoms with van der Waals surface area (Å²) in [6, 6.07) is 5.65. The molecule has 224 valence electrons. The molecular formula is C28H32FN5O8. The van der Waals surface area contributed by atoms with Crippen LogP contribution in [-0.4, -0.2) is 50.5 Å². The van der Waals surface area contributed by atoms with E-state index in [4.69, 9.17) is 18.6 Å². The number of halogens is 1. The number of aromatic nitrogens is 4. The first-order valence-electron chi connectivity index (χ1n) is 13.4. The highest BCUT2D eigenvalue weighted by Gasteiger charge is 2.34. The van der Waals surface area contributed by atoms with Gasteiger partial charge in [-0.2, -0.15) is 0 Å². The standard InChI is InChI=1S/C28H32FN5O8/c1-15-32-33-24(40-15)23(36)31-28(3,4)26-30-21(20(35)13-10-17-8-11-19(29)12-9-17)22(25(37)34(26)5)41-16(2)42-27(38)39-14-18-6-7-18/h8-9,11-12,16,18H,6-7,10,13-14H2,1-5H3,(H,31,36). The van der Waals surface area contributed by atoms with Gasteiger partial charge in [0.05, 0.1) is 12.1 Å². The number of ketones is 1. The van der Waals surface area contributed by atoms with Crippen molar-refractivity contribution in [3.05, 3.63) is 69.3 Å². The van der Waals surface area contributed by atoms with Gasteiger partial charge in [-0.25, -0.2) is 14.2 Å². The van der Waals surface area contributed by atoms with E-state index < -0.39 is 46.8 Å². The van der Waals surface area contributed by atoms with Gasteiger partial charge < -0.3 is 23.9 Å². The zero-order chi connectivity index (χ0) is 30.6. The Morgan fingerprint density at radius 3 is 2.50 bits per heavy atom. The van der Waals surface area contributed by atoms with Crippen molar-refractivity contribution in [3.8, 4) is 5.75 Å². The third-order valence-electron chi connectivity index (χ3n) is 6.45. The molecule has 42 heavy (non-hydrogen) atoms. The zero-order valence-corrected chi connectivity index (χ0v) is 23.9. The van der Waals surface area contributed by atoms with Crippen molar-refractivity contribution in [2.45, 2.75) is 65.2 Å². The second-order valence-corrected chi connectivity index (χ2v) is 10.5. The topological polar surface area (TPSA) is 165 Å². The van der Waals surface area contributed by atoms with Crippen molar-refractivity contribution in [1.82, 2.24) is 25.1 Å². The van der Waals surface area contributed by atoms with Crippen molar-refractivity contribution >= 4 is 17.8 Å². The lowest BCUT2D eigenvalue weighted by Crippen LogP contribution is -2.46. The Morgan fingerprint density at radius 2 is 1.88 bits per heavy atom. The molecule has 1 aliphatic rings. The number of Topliss-reactive ketones (excluding diaryl/α,β-unsaturated/α-hetero) is 1. The lowest BCUT2D eigenvalue weighted by molar-refractivity contribution is -0.0553. The molecule has 13 nitrogen and oxygen atoms in total. The summed E-state index contributed by atoms with van der Waals surface area (Å²) in [5.41, 5.74) is -1.71. The number of aryl methyl sites for hydroxylation is 2. The number of hydrogen-bond donors (Lipinski definition) is 1. The lowest BCUT2D eigenvalue weighted by Gasteiger charge is -2.28. The fourth-order valence-electron chi connectivity index (χ4n) is 4.07. The molecule has 1 fully saturated rings. The van der Waals surface area contributed by atoms with Gasteiger partial charge in [0.1, 0.15) is 11.6 Å². The number of ether oxygens (including phenoxy) is 3. The molecule has 1 unspecified atom stereocenters. The van der Waals surface area contributed by atoms with E-state index in [1.165, 1.54) is 33.0 Å². The number of carbonyl (C=O) groups excluding carboxylic acids is 3. The van der Waals surface area contributed by atoms with Crippen LogP contribution in [-0.2, 0) is 28.5 Å². The molecule has 1 atom stereocenters. The van der Waals surface area contributed by atoms with E-state index in [1.807, 2.05) is 0 Å². The van der Waals surface area contributed by atoms with E-state index in [9.17, 15) is 23.6 Å². The average molecular weight is 586 g/mol. The maximum Gasteiger partial charge on any atom is 0.511 e. The van der Waals surface area contributed by atoms with Crippen molar-refractivity contribution < 1.29 is 37.4 Å². The molecule has 1 N–H and O–H groups in total. The Kier molecular flexibility index (Phi) is 9.02. The van der Waals surface area contributed by atoms with Crippen LogP contribution in [0.4, 0.5) is 9.18 Å². The summed E-state index contributed by atoms with van der Waals surface area (Å²) in [7, 11) is 1.39. The fraction of sp³-hybridized carbons (Fsp3) is 0.464. The van der Waals surface area contributed by atoms with Crippen molar-refractivity contribution in [2.24, 2.45) is 13.0 Å². The van der Waals surface area contributed by atoms with Crippen molar-refractivity contribution in [1.29, 1.82) is 0 Å². The molecule has 0 spiro atoms. The molecule has 0 aliphatic heterocycles.